The second-order valence-electron chi connectivity index (χ2n) is 7.23. The zero-order valence-corrected chi connectivity index (χ0v) is 16.0. The van der Waals surface area contributed by atoms with Crippen molar-refractivity contribution in [3.63, 3.8) is 0 Å². The van der Waals surface area contributed by atoms with Crippen LogP contribution in [0.5, 0.6) is 23.0 Å². The lowest BCUT2D eigenvalue weighted by Gasteiger charge is -2.17. The Bertz CT molecular complexity index is 806. The first-order valence-corrected chi connectivity index (χ1v) is 8.51. The molecule has 1 aromatic carbocycles. The summed E-state index contributed by atoms with van der Waals surface area (Å²) in [6, 6.07) is 5.70. The van der Waals surface area contributed by atoms with E-state index in [1.165, 1.54) is 0 Å². The van der Waals surface area contributed by atoms with Gasteiger partial charge < -0.3 is 24.7 Å². The molecule has 1 aromatic heterocycles. The molecule has 6 heteroatoms. The fraction of sp³-hybridized carbons (Fsp3) is 0.450. The number of aromatic nitrogens is 1. The van der Waals surface area contributed by atoms with Crippen molar-refractivity contribution < 1.29 is 18.9 Å². The van der Waals surface area contributed by atoms with E-state index >= 15 is 0 Å². The number of ether oxygens (including phenoxy) is 4. The van der Waals surface area contributed by atoms with Crippen LogP contribution < -0.4 is 24.7 Å². The largest absolute Gasteiger partial charge is 0.493 e. The van der Waals surface area contributed by atoms with Gasteiger partial charge >= 0.3 is 0 Å². The molecule has 0 bridgehead atoms. The Morgan fingerprint density at radius 2 is 1.73 bits per heavy atom. The molecule has 6 nitrogen and oxygen atoms in total. The van der Waals surface area contributed by atoms with Crippen LogP contribution in [0, 0.1) is 5.41 Å². The highest BCUT2D eigenvalue weighted by Crippen LogP contribution is 2.53. The summed E-state index contributed by atoms with van der Waals surface area (Å²) in [6.45, 7) is 4.76. The molecule has 0 amide bonds. The molecule has 1 fully saturated rings. The number of nitrogens with zero attached hydrogens (tertiary/aromatic N) is 1. The molecule has 140 valence electrons. The standard InChI is InChI=1S/C20H26N2O4/c1-19(11-20(19,2)21)12-26-14-8-13(9-22-10-14)15-6-7-16(23-3)18(25-5)17(15)24-4/h6-10H,11-12,21H2,1-5H3. The number of nitrogens with two attached hydrogens (primary N) is 1. The highest BCUT2D eigenvalue weighted by Gasteiger charge is 2.59. The molecule has 0 saturated heterocycles. The minimum Gasteiger partial charge on any atom is -0.493 e. The molecule has 1 aliphatic carbocycles. The molecule has 1 heterocycles. The minimum atomic E-state index is -0.162. The van der Waals surface area contributed by atoms with Gasteiger partial charge in [-0.05, 0) is 31.5 Å². The van der Waals surface area contributed by atoms with Gasteiger partial charge in [-0.1, -0.05) is 6.92 Å². The summed E-state index contributed by atoms with van der Waals surface area (Å²) in [5, 5.41) is 0. The van der Waals surface area contributed by atoms with Crippen LogP contribution in [-0.4, -0.2) is 38.5 Å². The summed E-state index contributed by atoms with van der Waals surface area (Å²) in [7, 11) is 4.78. The van der Waals surface area contributed by atoms with Gasteiger partial charge in [0.05, 0.1) is 34.1 Å². The van der Waals surface area contributed by atoms with E-state index in [-0.39, 0.29) is 11.0 Å². The monoisotopic (exact) mass is 358 g/mol. The second-order valence-corrected chi connectivity index (χ2v) is 7.23. The van der Waals surface area contributed by atoms with Crippen LogP contribution in [-0.2, 0) is 0 Å². The number of hydrogen-bond acceptors (Lipinski definition) is 6. The number of hydrogen-bond donors (Lipinski definition) is 1. The van der Waals surface area contributed by atoms with Crippen molar-refractivity contribution in [3.05, 3.63) is 30.6 Å². The molecule has 1 aliphatic rings. The van der Waals surface area contributed by atoms with Crippen molar-refractivity contribution in [3.8, 4) is 34.1 Å². The second kappa shape index (κ2) is 6.68. The van der Waals surface area contributed by atoms with Gasteiger partial charge in [0.2, 0.25) is 5.75 Å². The zero-order valence-electron chi connectivity index (χ0n) is 16.0. The summed E-state index contributed by atoms with van der Waals surface area (Å²) in [4.78, 5) is 4.31. The van der Waals surface area contributed by atoms with Gasteiger partial charge in [-0.15, -0.1) is 0 Å². The SMILES string of the molecule is COc1ccc(-c2cncc(OCC3(C)CC3(C)N)c2)c(OC)c1OC. The van der Waals surface area contributed by atoms with Gasteiger partial charge in [0.25, 0.3) is 0 Å². The van der Waals surface area contributed by atoms with Crippen LogP contribution in [0.2, 0.25) is 0 Å². The third kappa shape index (κ3) is 3.17. The molecule has 2 unspecified atom stereocenters. The summed E-state index contributed by atoms with van der Waals surface area (Å²) in [5.74, 6) is 2.44. The number of benzene rings is 1. The molecule has 2 N–H and O–H groups in total. The van der Waals surface area contributed by atoms with Crippen LogP contribution in [0.3, 0.4) is 0 Å². The van der Waals surface area contributed by atoms with Crippen LogP contribution >= 0.6 is 0 Å². The Hall–Kier alpha value is -2.47. The van der Waals surface area contributed by atoms with Gasteiger partial charge in [0, 0.05) is 28.3 Å². The quantitative estimate of drug-likeness (QED) is 0.819. The first-order chi connectivity index (χ1) is 12.3. The lowest BCUT2D eigenvalue weighted by Crippen LogP contribution is -2.29. The van der Waals surface area contributed by atoms with Crippen molar-refractivity contribution in [2.75, 3.05) is 27.9 Å². The Kier molecular flexibility index (Phi) is 4.71. The summed E-state index contributed by atoms with van der Waals surface area (Å²) >= 11 is 0. The van der Waals surface area contributed by atoms with Crippen LogP contribution in [0.25, 0.3) is 11.1 Å². The van der Waals surface area contributed by atoms with Crippen molar-refractivity contribution in [2.24, 2.45) is 11.1 Å². The fourth-order valence-corrected chi connectivity index (χ4v) is 3.20. The predicted molar refractivity (Wildman–Crippen MR) is 100 cm³/mol. The molecule has 3 rings (SSSR count). The number of methoxy groups -OCH3 is 3. The molecule has 0 aliphatic heterocycles. The maximum absolute atomic E-state index is 6.19. The van der Waals surface area contributed by atoms with Gasteiger partial charge in [-0.25, -0.2) is 0 Å². The van der Waals surface area contributed by atoms with E-state index in [1.807, 2.05) is 18.2 Å². The molecule has 2 atom stereocenters. The first-order valence-electron chi connectivity index (χ1n) is 8.51. The Morgan fingerprint density at radius 1 is 1.04 bits per heavy atom. The number of rotatable bonds is 7. The summed E-state index contributed by atoms with van der Waals surface area (Å²) in [5.41, 5.74) is 7.75. The zero-order chi connectivity index (χ0) is 18.9. The Morgan fingerprint density at radius 3 is 2.31 bits per heavy atom. The van der Waals surface area contributed by atoms with Gasteiger partial charge in [0.1, 0.15) is 5.75 Å². The predicted octanol–water partition coefficient (Wildman–Crippen LogP) is 3.28. The number of pyridine rings is 1. The van der Waals surface area contributed by atoms with E-state index in [9.17, 15) is 0 Å². The average molecular weight is 358 g/mol. The molecule has 0 spiro atoms. The van der Waals surface area contributed by atoms with Gasteiger partial charge in [-0.3, -0.25) is 4.98 Å². The molecule has 26 heavy (non-hydrogen) atoms. The maximum atomic E-state index is 6.19. The van der Waals surface area contributed by atoms with Crippen LogP contribution in [0.15, 0.2) is 30.6 Å². The van der Waals surface area contributed by atoms with E-state index < -0.39 is 0 Å². The lowest BCUT2D eigenvalue weighted by molar-refractivity contribution is 0.229. The van der Waals surface area contributed by atoms with Crippen molar-refractivity contribution >= 4 is 0 Å². The topological polar surface area (TPSA) is 75.8 Å². The summed E-state index contributed by atoms with van der Waals surface area (Å²) < 4.78 is 22.3. The minimum absolute atomic E-state index is 0.00400. The fourth-order valence-electron chi connectivity index (χ4n) is 3.20. The molecular formula is C20H26N2O4. The van der Waals surface area contributed by atoms with Crippen molar-refractivity contribution in [1.82, 2.24) is 4.98 Å². The molecular weight excluding hydrogens is 332 g/mol. The molecule has 2 aromatic rings. The highest BCUT2D eigenvalue weighted by atomic mass is 16.5. The highest BCUT2D eigenvalue weighted by molar-refractivity contribution is 5.76. The van der Waals surface area contributed by atoms with Crippen LogP contribution in [0.1, 0.15) is 20.3 Å². The van der Waals surface area contributed by atoms with Gasteiger partial charge in [0.15, 0.2) is 11.5 Å². The van der Waals surface area contributed by atoms with E-state index in [4.69, 9.17) is 24.7 Å². The Balaban J connectivity index is 1.88. The third-order valence-electron chi connectivity index (χ3n) is 5.30. The normalized spacial score (nSPS) is 24.1. The van der Waals surface area contributed by atoms with E-state index in [1.54, 1.807) is 33.7 Å². The smallest absolute Gasteiger partial charge is 0.203 e. The van der Waals surface area contributed by atoms with E-state index in [2.05, 4.69) is 18.8 Å². The molecule has 0 radical (unpaired) electrons. The van der Waals surface area contributed by atoms with Crippen LogP contribution in [0.4, 0.5) is 0 Å². The van der Waals surface area contributed by atoms with Crippen molar-refractivity contribution in [2.45, 2.75) is 25.8 Å². The third-order valence-corrected chi connectivity index (χ3v) is 5.30. The van der Waals surface area contributed by atoms with E-state index in [0.29, 0.717) is 29.6 Å². The molecule has 1 saturated carbocycles. The van der Waals surface area contributed by atoms with Crippen molar-refractivity contribution in [1.29, 1.82) is 0 Å². The van der Waals surface area contributed by atoms with Gasteiger partial charge in [-0.2, -0.15) is 0 Å². The Labute approximate surface area is 154 Å². The first kappa shape index (κ1) is 18.3. The summed E-state index contributed by atoms with van der Waals surface area (Å²) in [6.07, 6.45) is 4.43. The lowest BCUT2D eigenvalue weighted by atomic mass is 10.0. The van der Waals surface area contributed by atoms with E-state index in [0.717, 1.165) is 17.5 Å². The maximum Gasteiger partial charge on any atom is 0.203 e. The average Bonchev–Trinajstić information content (AvgIpc) is 3.16.